The molecule has 3 nitrogen and oxygen atoms in total. The standard InChI is InChI=1S/C46H29N3S/c1-3-15-30(16-4-1)43-42(47-45(49-48-43)31-17-5-2-6-18-31)33-20-13-19-32(29-33)34-23-14-27-40-44(34)50-41-28-12-11-26-39(41)46(40)37-24-9-7-21-35(37)36-22-8-10-25-38(36)46/h1-29H. The highest BCUT2D eigenvalue weighted by atomic mass is 32.2. The van der Waals surface area contributed by atoms with Crippen molar-refractivity contribution in [2.45, 2.75) is 15.2 Å². The average Bonchev–Trinajstić information content (AvgIpc) is 3.49. The molecule has 4 heteroatoms. The Labute approximate surface area is 295 Å². The lowest BCUT2D eigenvalue weighted by Gasteiger charge is -2.40. The topological polar surface area (TPSA) is 38.7 Å². The van der Waals surface area contributed by atoms with Gasteiger partial charge in [0.2, 0.25) is 0 Å². The van der Waals surface area contributed by atoms with Crippen LogP contribution in [-0.4, -0.2) is 15.2 Å². The summed E-state index contributed by atoms with van der Waals surface area (Å²) in [6.07, 6.45) is 0. The smallest absolute Gasteiger partial charge is 0.182 e. The summed E-state index contributed by atoms with van der Waals surface area (Å²) < 4.78 is 0. The lowest BCUT2D eigenvalue weighted by atomic mass is 9.67. The van der Waals surface area contributed by atoms with Gasteiger partial charge in [0.15, 0.2) is 5.82 Å². The summed E-state index contributed by atoms with van der Waals surface area (Å²) in [4.78, 5) is 7.74. The van der Waals surface area contributed by atoms with E-state index in [1.807, 2.05) is 60.3 Å². The third kappa shape index (κ3) is 4.28. The van der Waals surface area contributed by atoms with Gasteiger partial charge in [-0.25, -0.2) is 4.98 Å². The van der Waals surface area contributed by atoms with E-state index in [9.17, 15) is 0 Å². The molecule has 10 rings (SSSR count). The first-order valence-electron chi connectivity index (χ1n) is 16.9. The maximum Gasteiger partial charge on any atom is 0.182 e. The van der Waals surface area contributed by atoms with Crippen LogP contribution in [0.5, 0.6) is 0 Å². The van der Waals surface area contributed by atoms with E-state index in [2.05, 4.69) is 132 Å². The molecule has 1 aromatic heterocycles. The van der Waals surface area contributed by atoms with E-state index in [0.717, 1.165) is 33.6 Å². The number of hydrogen-bond donors (Lipinski definition) is 0. The van der Waals surface area contributed by atoms with E-state index in [0.29, 0.717) is 5.82 Å². The largest absolute Gasteiger partial charge is 0.224 e. The first kappa shape index (κ1) is 28.9. The number of hydrogen-bond acceptors (Lipinski definition) is 4. The van der Waals surface area contributed by atoms with Gasteiger partial charge < -0.3 is 0 Å². The van der Waals surface area contributed by atoms with Gasteiger partial charge in [0.25, 0.3) is 0 Å². The summed E-state index contributed by atoms with van der Waals surface area (Å²) in [5, 5.41) is 9.36. The van der Waals surface area contributed by atoms with Crippen LogP contribution in [0.25, 0.3) is 56.2 Å². The number of benzene rings is 7. The minimum absolute atomic E-state index is 0.417. The lowest BCUT2D eigenvalue weighted by molar-refractivity contribution is 0.723. The molecule has 0 unspecified atom stereocenters. The summed E-state index contributed by atoms with van der Waals surface area (Å²) in [6, 6.07) is 62.8. The quantitative estimate of drug-likeness (QED) is 0.189. The zero-order chi connectivity index (χ0) is 33.1. The maximum atomic E-state index is 5.17. The minimum atomic E-state index is -0.417. The first-order chi connectivity index (χ1) is 24.8. The first-order valence-corrected chi connectivity index (χ1v) is 17.7. The van der Waals surface area contributed by atoms with E-state index in [4.69, 9.17) is 10.1 Å². The third-order valence-corrected chi connectivity index (χ3v) is 11.3. The number of nitrogens with zero attached hydrogens (tertiary/aromatic N) is 3. The molecule has 0 amide bonds. The highest BCUT2D eigenvalue weighted by molar-refractivity contribution is 7.99. The van der Waals surface area contributed by atoms with Crippen LogP contribution in [-0.2, 0) is 5.41 Å². The summed E-state index contributed by atoms with van der Waals surface area (Å²) >= 11 is 1.88. The van der Waals surface area contributed by atoms with Gasteiger partial charge in [0.1, 0.15) is 11.4 Å². The average molecular weight is 656 g/mol. The molecule has 7 aromatic carbocycles. The van der Waals surface area contributed by atoms with Crippen LogP contribution in [0, 0.1) is 0 Å². The fourth-order valence-electron chi connectivity index (χ4n) is 7.97. The molecule has 0 fully saturated rings. The number of aromatic nitrogens is 3. The third-order valence-electron chi connectivity index (χ3n) is 10.1. The fourth-order valence-corrected chi connectivity index (χ4v) is 9.29. The number of rotatable bonds is 4. The van der Waals surface area contributed by atoms with Crippen LogP contribution in [0.3, 0.4) is 0 Å². The van der Waals surface area contributed by atoms with Gasteiger partial charge in [0.05, 0.1) is 5.41 Å². The van der Waals surface area contributed by atoms with Crippen LogP contribution in [0.2, 0.25) is 0 Å². The van der Waals surface area contributed by atoms with Gasteiger partial charge in [-0.1, -0.05) is 176 Å². The molecule has 0 radical (unpaired) electrons. The van der Waals surface area contributed by atoms with Crippen molar-refractivity contribution < 1.29 is 0 Å². The van der Waals surface area contributed by atoms with Gasteiger partial charge in [0, 0.05) is 26.5 Å². The van der Waals surface area contributed by atoms with E-state index >= 15 is 0 Å². The second-order valence-electron chi connectivity index (χ2n) is 12.8. The Morgan fingerprint density at radius 1 is 0.380 bits per heavy atom. The summed E-state index contributed by atoms with van der Waals surface area (Å²) in [5.41, 5.74) is 14.4. The second kappa shape index (κ2) is 11.5. The van der Waals surface area contributed by atoms with Crippen LogP contribution in [0.4, 0.5) is 0 Å². The highest BCUT2D eigenvalue weighted by Gasteiger charge is 2.50. The normalized spacial score (nSPS) is 13.3. The molecule has 234 valence electrons. The molecular weight excluding hydrogens is 627 g/mol. The Morgan fingerprint density at radius 2 is 0.920 bits per heavy atom. The molecule has 2 heterocycles. The summed E-state index contributed by atoms with van der Waals surface area (Å²) in [5.74, 6) is 0.607. The van der Waals surface area contributed by atoms with Crippen LogP contribution >= 0.6 is 11.8 Å². The predicted molar refractivity (Wildman–Crippen MR) is 203 cm³/mol. The van der Waals surface area contributed by atoms with Crippen molar-refractivity contribution >= 4 is 11.8 Å². The zero-order valence-corrected chi connectivity index (χ0v) is 27.8. The fraction of sp³-hybridized carbons (Fsp3) is 0.0217. The molecule has 1 aliphatic heterocycles. The molecule has 1 aliphatic carbocycles. The molecule has 8 aromatic rings. The van der Waals surface area contributed by atoms with Crippen LogP contribution < -0.4 is 0 Å². The van der Waals surface area contributed by atoms with Crippen molar-refractivity contribution in [2.75, 3.05) is 0 Å². The van der Waals surface area contributed by atoms with Crippen molar-refractivity contribution in [3.63, 3.8) is 0 Å². The van der Waals surface area contributed by atoms with Crippen molar-refractivity contribution in [2.24, 2.45) is 0 Å². The molecule has 0 saturated heterocycles. The Balaban J connectivity index is 1.20. The zero-order valence-electron chi connectivity index (χ0n) is 27.0. The van der Waals surface area contributed by atoms with Crippen molar-refractivity contribution in [3.05, 3.63) is 198 Å². The Morgan fingerprint density at radius 3 is 1.66 bits per heavy atom. The summed E-state index contributed by atoms with van der Waals surface area (Å²) in [7, 11) is 0. The monoisotopic (exact) mass is 655 g/mol. The van der Waals surface area contributed by atoms with E-state index in [-0.39, 0.29) is 0 Å². The van der Waals surface area contributed by atoms with Gasteiger partial charge in [-0.2, -0.15) is 0 Å². The van der Waals surface area contributed by atoms with Crippen LogP contribution in [0.15, 0.2) is 186 Å². The van der Waals surface area contributed by atoms with Crippen molar-refractivity contribution in [3.8, 4) is 56.2 Å². The molecule has 0 atom stereocenters. The summed E-state index contributed by atoms with van der Waals surface area (Å²) in [6.45, 7) is 0. The molecule has 1 spiro atoms. The Kier molecular flexibility index (Phi) is 6.64. The van der Waals surface area contributed by atoms with Gasteiger partial charge in [-0.05, 0) is 56.6 Å². The Hall–Kier alpha value is -6.10. The minimum Gasteiger partial charge on any atom is -0.224 e. The predicted octanol–water partition coefficient (Wildman–Crippen LogP) is 11.4. The van der Waals surface area contributed by atoms with E-state index in [1.165, 1.54) is 48.7 Å². The maximum absolute atomic E-state index is 5.17. The highest BCUT2D eigenvalue weighted by Crippen LogP contribution is 2.63. The molecular formula is C46H29N3S. The van der Waals surface area contributed by atoms with Crippen molar-refractivity contribution in [1.82, 2.24) is 15.2 Å². The lowest BCUT2D eigenvalue weighted by Crippen LogP contribution is -2.32. The van der Waals surface area contributed by atoms with Gasteiger partial charge in [-0.15, -0.1) is 10.2 Å². The molecule has 0 N–H and O–H groups in total. The SMILES string of the molecule is c1ccc(-c2nnc(-c3ccccc3)c(-c3cccc(-c4cccc5c4Sc4ccccc4C54c5ccccc5-c5ccccc54)c3)n2)cc1. The molecule has 0 saturated carbocycles. The van der Waals surface area contributed by atoms with Crippen LogP contribution in [0.1, 0.15) is 22.3 Å². The van der Waals surface area contributed by atoms with Crippen molar-refractivity contribution in [1.29, 1.82) is 0 Å². The molecule has 0 bridgehead atoms. The van der Waals surface area contributed by atoms with E-state index < -0.39 is 5.41 Å². The molecule has 2 aliphatic rings. The Bertz CT molecular complexity index is 2530. The number of fused-ring (bicyclic) bond motifs is 9. The molecule has 50 heavy (non-hydrogen) atoms. The van der Waals surface area contributed by atoms with E-state index in [1.54, 1.807) is 0 Å². The second-order valence-corrected chi connectivity index (χ2v) is 13.8. The van der Waals surface area contributed by atoms with Gasteiger partial charge in [-0.3, -0.25) is 0 Å². The van der Waals surface area contributed by atoms with Gasteiger partial charge >= 0.3 is 0 Å².